The summed E-state index contributed by atoms with van der Waals surface area (Å²) in [6, 6.07) is 0.102. The third-order valence-corrected chi connectivity index (χ3v) is 5.40. The van der Waals surface area contributed by atoms with Gasteiger partial charge in [0.15, 0.2) is 0 Å². The van der Waals surface area contributed by atoms with Gasteiger partial charge in [0.2, 0.25) is 0 Å². The van der Waals surface area contributed by atoms with Gasteiger partial charge in [-0.05, 0) is 26.4 Å². The second-order valence-corrected chi connectivity index (χ2v) is 6.99. The van der Waals surface area contributed by atoms with Crippen LogP contribution in [0.5, 0.6) is 0 Å². The summed E-state index contributed by atoms with van der Waals surface area (Å²) in [5, 5.41) is 12.0. The fourth-order valence-electron chi connectivity index (χ4n) is 3.00. The van der Waals surface area contributed by atoms with Crippen molar-refractivity contribution in [3.8, 4) is 0 Å². The minimum Gasteiger partial charge on any atom is -0.481 e. The predicted molar refractivity (Wildman–Crippen MR) is 83.7 cm³/mol. The Kier molecular flexibility index (Phi) is 6.17. The zero-order valence-corrected chi connectivity index (χ0v) is 13.4. The van der Waals surface area contributed by atoms with Crippen molar-refractivity contribution in [3.63, 3.8) is 0 Å². The average Bonchev–Trinajstić information content (AvgIpc) is 2.46. The Morgan fingerprint density at radius 2 is 2.10 bits per heavy atom. The van der Waals surface area contributed by atoms with Gasteiger partial charge >= 0.3 is 12.0 Å². The van der Waals surface area contributed by atoms with Crippen molar-refractivity contribution in [3.05, 3.63) is 0 Å². The van der Waals surface area contributed by atoms with E-state index in [9.17, 15) is 9.59 Å². The van der Waals surface area contributed by atoms with Gasteiger partial charge in [0, 0.05) is 30.6 Å². The molecule has 2 N–H and O–H groups in total. The number of hydrogen-bond acceptors (Lipinski definition) is 4. The Morgan fingerprint density at radius 1 is 1.29 bits per heavy atom. The highest BCUT2D eigenvalue weighted by Crippen LogP contribution is 2.19. The molecule has 0 aromatic heterocycles. The molecule has 120 valence electrons. The molecule has 0 saturated carbocycles. The number of likely N-dealkylation sites (tertiary alicyclic amines) is 1. The number of thioether (sulfide) groups is 1. The summed E-state index contributed by atoms with van der Waals surface area (Å²) in [6.45, 7) is 2.37. The SMILES string of the molecule is CN1CCCCC1CNC(=O)N1CCSCC1CC(=O)O. The lowest BCUT2D eigenvalue weighted by atomic mass is 10.0. The van der Waals surface area contributed by atoms with Gasteiger partial charge < -0.3 is 20.2 Å². The van der Waals surface area contributed by atoms with Crippen molar-refractivity contribution in [1.82, 2.24) is 15.1 Å². The lowest BCUT2D eigenvalue weighted by Gasteiger charge is -2.36. The molecule has 2 aliphatic heterocycles. The summed E-state index contributed by atoms with van der Waals surface area (Å²) < 4.78 is 0. The molecule has 0 radical (unpaired) electrons. The van der Waals surface area contributed by atoms with E-state index in [1.807, 2.05) is 0 Å². The van der Waals surface area contributed by atoms with Crippen LogP contribution in [0.3, 0.4) is 0 Å². The van der Waals surface area contributed by atoms with E-state index >= 15 is 0 Å². The molecule has 2 atom stereocenters. The van der Waals surface area contributed by atoms with E-state index in [1.165, 1.54) is 12.8 Å². The average molecular weight is 315 g/mol. The number of aliphatic carboxylic acids is 1. The van der Waals surface area contributed by atoms with Crippen LogP contribution in [-0.4, -0.2) is 77.2 Å². The lowest BCUT2D eigenvalue weighted by Crippen LogP contribution is -2.53. The second-order valence-electron chi connectivity index (χ2n) is 5.84. The molecule has 2 heterocycles. The molecular formula is C14H25N3O3S. The van der Waals surface area contributed by atoms with E-state index in [-0.39, 0.29) is 18.5 Å². The topological polar surface area (TPSA) is 72.9 Å². The molecule has 0 aromatic carbocycles. The number of nitrogens with one attached hydrogen (secondary N) is 1. The third-order valence-electron chi connectivity index (χ3n) is 4.31. The number of carbonyl (C=O) groups excluding carboxylic acids is 1. The summed E-state index contributed by atoms with van der Waals surface area (Å²) in [5.74, 6) is 0.753. The molecule has 6 nitrogen and oxygen atoms in total. The number of nitrogens with zero attached hydrogens (tertiary/aromatic N) is 2. The quantitative estimate of drug-likeness (QED) is 0.812. The summed E-state index contributed by atoms with van der Waals surface area (Å²) in [4.78, 5) is 27.2. The van der Waals surface area contributed by atoms with Crippen LogP contribution < -0.4 is 5.32 Å². The molecule has 0 spiro atoms. The van der Waals surface area contributed by atoms with Crippen molar-refractivity contribution >= 4 is 23.8 Å². The van der Waals surface area contributed by atoms with Crippen molar-refractivity contribution in [1.29, 1.82) is 0 Å². The molecule has 2 amide bonds. The van der Waals surface area contributed by atoms with E-state index in [1.54, 1.807) is 16.7 Å². The minimum atomic E-state index is -0.840. The maximum Gasteiger partial charge on any atom is 0.317 e. The fraction of sp³-hybridized carbons (Fsp3) is 0.857. The molecule has 7 heteroatoms. The Balaban J connectivity index is 1.83. The summed E-state index contributed by atoms with van der Waals surface area (Å²) in [6.07, 6.45) is 3.59. The smallest absolute Gasteiger partial charge is 0.317 e. The van der Waals surface area contributed by atoms with Gasteiger partial charge in [-0.3, -0.25) is 4.79 Å². The van der Waals surface area contributed by atoms with E-state index in [0.717, 1.165) is 18.7 Å². The molecule has 0 aromatic rings. The van der Waals surface area contributed by atoms with E-state index in [0.29, 0.717) is 24.9 Å². The van der Waals surface area contributed by atoms with E-state index in [2.05, 4.69) is 17.3 Å². The number of piperidine rings is 1. The summed E-state index contributed by atoms with van der Waals surface area (Å²) in [7, 11) is 2.10. The van der Waals surface area contributed by atoms with Gasteiger partial charge in [-0.15, -0.1) is 0 Å². The molecule has 21 heavy (non-hydrogen) atoms. The van der Waals surface area contributed by atoms with E-state index in [4.69, 9.17) is 5.11 Å². The lowest BCUT2D eigenvalue weighted by molar-refractivity contribution is -0.138. The number of carboxylic acids is 1. The Bertz CT molecular complexity index is 380. The van der Waals surface area contributed by atoms with Crippen molar-refractivity contribution < 1.29 is 14.7 Å². The normalized spacial score (nSPS) is 27.4. The molecule has 2 rings (SSSR count). The highest BCUT2D eigenvalue weighted by molar-refractivity contribution is 7.99. The highest BCUT2D eigenvalue weighted by Gasteiger charge is 2.29. The van der Waals surface area contributed by atoms with Crippen molar-refractivity contribution in [2.45, 2.75) is 37.8 Å². The van der Waals surface area contributed by atoms with Crippen molar-refractivity contribution in [2.24, 2.45) is 0 Å². The largest absolute Gasteiger partial charge is 0.481 e. The van der Waals surface area contributed by atoms with Gasteiger partial charge in [0.1, 0.15) is 0 Å². The van der Waals surface area contributed by atoms with Crippen molar-refractivity contribution in [2.75, 3.05) is 38.2 Å². The van der Waals surface area contributed by atoms with Crippen LogP contribution in [-0.2, 0) is 4.79 Å². The van der Waals surface area contributed by atoms with Crippen LogP contribution >= 0.6 is 11.8 Å². The van der Waals surface area contributed by atoms with Gasteiger partial charge in [-0.25, -0.2) is 4.79 Å². The number of carboxylic acid groups (broad SMARTS) is 1. The van der Waals surface area contributed by atoms with Crippen LogP contribution in [0, 0.1) is 0 Å². The molecule has 2 unspecified atom stereocenters. The zero-order valence-electron chi connectivity index (χ0n) is 12.6. The predicted octanol–water partition coefficient (Wildman–Crippen LogP) is 1.07. The molecular weight excluding hydrogens is 290 g/mol. The van der Waals surface area contributed by atoms with Crippen LogP contribution in [0.15, 0.2) is 0 Å². The number of likely N-dealkylation sites (N-methyl/N-ethyl adjacent to an activating group) is 1. The zero-order chi connectivity index (χ0) is 15.2. The first-order valence-electron chi connectivity index (χ1n) is 7.62. The second kappa shape index (κ2) is 7.89. The maximum atomic E-state index is 12.3. The van der Waals surface area contributed by atoms with Gasteiger partial charge in [-0.1, -0.05) is 6.42 Å². The Hall–Kier alpha value is -0.950. The number of rotatable bonds is 4. The number of urea groups is 1. The van der Waals surface area contributed by atoms with Gasteiger partial charge in [-0.2, -0.15) is 11.8 Å². The third kappa shape index (κ3) is 4.78. The fourth-order valence-corrected chi connectivity index (χ4v) is 4.06. The van der Waals surface area contributed by atoms with Crippen LogP contribution in [0.2, 0.25) is 0 Å². The van der Waals surface area contributed by atoms with Gasteiger partial charge in [0.25, 0.3) is 0 Å². The molecule has 2 aliphatic rings. The standard InChI is InChI=1S/C14H25N3O3S/c1-16-5-3-2-4-11(16)9-15-14(20)17-6-7-21-10-12(17)8-13(18)19/h11-12H,2-10H2,1H3,(H,15,20)(H,18,19). The number of carbonyl (C=O) groups is 2. The monoisotopic (exact) mass is 315 g/mol. The summed E-state index contributed by atoms with van der Waals surface area (Å²) >= 11 is 1.72. The Morgan fingerprint density at radius 3 is 2.81 bits per heavy atom. The highest BCUT2D eigenvalue weighted by atomic mass is 32.2. The van der Waals surface area contributed by atoms with Crippen LogP contribution in [0.25, 0.3) is 0 Å². The first-order valence-corrected chi connectivity index (χ1v) is 8.77. The Labute approximate surface area is 130 Å². The van der Waals surface area contributed by atoms with E-state index < -0.39 is 5.97 Å². The van der Waals surface area contributed by atoms with Crippen LogP contribution in [0.1, 0.15) is 25.7 Å². The summed E-state index contributed by atoms with van der Waals surface area (Å²) in [5.41, 5.74) is 0. The molecule has 0 aliphatic carbocycles. The molecule has 0 bridgehead atoms. The van der Waals surface area contributed by atoms with Crippen LogP contribution in [0.4, 0.5) is 4.79 Å². The number of hydrogen-bond donors (Lipinski definition) is 2. The maximum absolute atomic E-state index is 12.3. The molecule has 2 saturated heterocycles. The minimum absolute atomic E-state index is 0.0315. The molecule has 2 fully saturated rings. The van der Waals surface area contributed by atoms with Gasteiger partial charge in [0.05, 0.1) is 12.5 Å². The first-order chi connectivity index (χ1) is 10.1. The first kappa shape index (κ1) is 16.4. The number of amides is 2.